The molecule has 1 fully saturated rings. The summed E-state index contributed by atoms with van der Waals surface area (Å²) in [5.74, 6) is 1.92. The smallest absolute Gasteiger partial charge is 0.240 e. The number of hydrogen-bond donors (Lipinski definition) is 1. The number of amides is 1. The first kappa shape index (κ1) is 13.1. The zero-order valence-corrected chi connectivity index (χ0v) is 11.3. The van der Waals surface area contributed by atoms with Crippen LogP contribution in [0.25, 0.3) is 0 Å². The van der Waals surface area contributed by atoms with E-state index in [9.17, 15) is 4.79 Å². The molecule has 0 bridgehead atoms. The standard InChI is InChI=1S/C14H22N2O2/c1-9(2)13(15)14(17)16(11-5-6-11)8-12-7-4-10(3)18-12/h4,7,9,11,13H,5-6,8,15H2,1-3H3/t13-/m1/s1. The van der Waals surface area contributed by atoms with Crippen LogP contribution in [-0.4, -0.2) is 22.9 Å². The fraction of sp³-hybridized carbons (Fsp3) is 0.643. The molecule has 1 heterocycles. The summed E-state index contributed by atoms with van der Waals surface area (Å²) in [6.45, 7) is 6.40. The maximum absolute atomic E-state index is 12.3. The lowest BCUT2D eigenvalue weighted by Gasteiger charge is -2.26. The maximum atomic E-state index is 12.3. The molecule has 2 N–H and O–H groups in total. The van der Waals surface area contributed by atoms with Gasteiger partial charge in [0, 0.05) is 6.04 Å². The van der Waals surface area contributed by atoms with E-state index in [-0.39, 0.29) is 11.8 Å². The predicted octanol–water partition coefficient (Wildman–Crippen LogP) is 2.06. The van der Waals surface area contributed by atoms with E-state index >= 15 is 0 Å². The quantitative estimate of drug-likeness (QED) is 0.870. The molecule has 1 atom stereocenters. The zero-order chi connectivity index (χ0) is 13.3. The Hall–Kier alpha value is -1.29. The van der Waals surface area contributed by atoms with Gasteiger partial charge in [0.25, 0.3) is 0 Å². The van der Waals surface area contributed by atoms with Gasteiger partial charge in [0.2, 0.25) is 5.91 Å². The van der Waals surface area contributed by atoms with Crippen LogP contribution in [0.1, 0.15) is 38.2 Å². The van der Waals surface area contributed by atoms with Gasteiger partial charge in [-0.1, -0.05) is 13.8 Å². The van der Waals surface area contributed by atoms with Gasteiger partial charge in [0.15, 0.2) is 0 Å². The largest absolute Gasteiger partial charge is 0.464 e. The first-order chi connectivity index (χ1) is 8.49. The highest BCUT2D eigenvalue weighted by atomic mass is 16.3. The third-order valence-electron chi connectivity index (χ3n) is 3.40. The van der Waals surface area contributed by atoms with E-state index < -0.39 is 6.04 Å². The van der Waals surface area contributed by atoms with Gasteiger partial charge < -0.3 is 15.1 Å². The molecule has 18 heavy (non-hydrogen) atoms. The Morgan fingerprint density at radius 3 is 2.61 bits per heavy atom. The summed E-state index contributed by atoms with van der Waals surface area (Å²) < 4.78 is 5.55. The van der Waals surface area contributed by atoms with Gasteiger partial charge in [-0.3, -0.25) is 4.79 Å². The van der Waals surface area contributed by atoms with Gasteiger partial charge in [-0.2, -0.15) is 0 Å². The van der Waals surface area contributed by atoms with Crippen molar-refractivity contribution in [3.63, 3.8) is 0 Å². The van der Waals surface area contributed by atoms with E-state index in [1.807, 2.05) is 37.8 Å². The van der Waals surface area contributed by atoms with Gasteiger partial charge in [-0.15, -0.1) is 0 Å². The van der Waals surface area contributed by atoms with Crippen LogP contribution in [0.5, 0.6) is 0 Å². The molecule has 1 aromatic heterocycles. The van der Waals surface area contributed by atoms with Crippen LogP contribution in [0.4, 0.5) is 0 Å². The Morgan fingerprint density at radius 2 is 2.17 bits per heavy atom. The summed E-state index contributed by atoms with van der Waals surface area (Å²) in [6.07, 6.45) is 2.16. The molecule has 0 radical (unpaired) electrons. The van der Waals surface area contributed by atoms with Crippen molar-refractivity contribution >= 4 is 5.91 Å². The van der Waals surface area contributed by atoms with Gasteiger partial charge in [-0.05, 0) is 37.8 Å². The monoisotopic (exact) mass is 250 g/mol. The third-order valence-corrected chi connectivity index (χ3v) is 3.40. The Labute approximate surface area is 108 Å². The van der Waals surface area contributed by atoms with Crippen molar-refractivity contribution in [2.45, 2.75) is 52.2 Å². The van der Waals surface area contributed by atoms with Crippen LogP contribution >= 0.6 is 0 Å². The van der Waals surface area contributed by atoms with E-state index in [2.05, 4.69) is 0 Å². The topological polar surface area (TPSA) is 59.5 Å². The maximum Gasteiger partial charge on any atom is 0.240 e. The highest BCUT2D eigenvalue weighted by Crippen LogP contribution is 2.29. The van der Waals surface area contributed by atoms with Gasteiger partial charge in [0.05, 0.1) is 12.6 Å². The number of furan rings is 1. The molecular formula is C14H22N2O2. The first-order valence-electron chi connectivity index (χ1n) is 6.60. The van der Waals surface area contributed by atoms with Crippen LogP contribution in [0.2, 0.25) is 0 Å². The van der Waals surface area contributed by atoms with Crippen molar-refractivity contribution in [2.24, 2.45) is 11.7 Å². The molecular weight excluding hydrogens is 228 g/mol. The number of carbonyl (C=O) groups excluding carboxylic acids is 1. The van der Waals surface area contributed by atoms with E-state index in [4.69, 9.17) is 10.2 Å². The number of aryl methyl sites for hydroxylation is 1. The summed E-state index contributed by atoms with van der Waals surface area (Å²) in [7, 11) is 0. The molecule has 1 aromatic rings. The molecule has 0 spiro atoms. The number of rotatable bonds is 5. The van der Waals surface area contributed by atoms with Gasteiger partial charge in [-0.25, -0.2) is 0 Å². The summed E-state index contributed by atoms with van der Waals surface area (Å²) in [4.78, 5) is 14.2. The average Bonchev–Trinajstić information content (AvgIpc) is 3.08. The van der Waals surface area contributed by atoms with Crippen molar-refractivity contribution < 1.29 is 9.21 Å². The number of nitrogens with zero attached hydrogens (tertiary/aromatic N) is 1. The second-order valence-electron chi connectivity index (χ2n) is 5.48. The van der Waals surface area contributed by atoms with Crippen LogP contribution < -0.4 is 5.73 Å². The van der Waals surface area contributed by atoms with Crippen LogP contribution in [0.15, 0.2) is 16.5 Å². The second-order valence-corrected chi connectivity index (χ2v) is 5.48. The first-order valence-corrected chi connectivity index (χ1v) is 6.60. The fourth-order valence-corrected chi connectivity index (χ4v) is 1.99. The summed E-state index contributed by atoms with van der Waals surface area (Å²) >= 11 is 0. The van der Waals surface area contributed by atoms with Crippen molar-refractivity contribution in [2.75, 3.05) is 0 Å². The number of carbonyl (C=O) groups is 1. The molecule has 1 aliphatic carbocycles. The minimum atomic E-state index is -0.415. The lowest BCUT2D eigenvalue weighted by atomic mass is 10.0. The fourth-order valence-electron chi connectivity index (χ4n) is 1.99. The molecule has 1 amide bonds. The molecule has 0 aromatic carbocycles. The molecule has 0 unspecified atom stereocenters. The minimum Gasteiger partial charge on any atom is -0.464 e. The van der Waals surface area contributed by atoms with Gasteiger partial charge in [0.1, 0.15) is 11.5 Å². The molecule has 0 aliphatic heterocycles. The van der Waals surface area contributed by atoms with E-state index in [1.165, 1.54) is 0 Å². The van der Waals surface area contributed by atoms with Crippen LogP contribution in [0.3, 0.4) is 0 Å². The Kier molecular flexibility index (Phi) is 3.76. The SMILES string of the molecule is Cc1ccc(CN(C(=O)[C@H](N)C(C)C)C2CC2)o1. The van der Waals surface area contributed by atoms with Crippen molar-refractivity contribution in [1.82, 2.24) is 4.90 Å². The summed E-state index contributed by atoms with van der Waals surface area (Å²) in [6, 6.07) is 3.79. The molecule has 0 saturated heterocycles. The van der Waals surface area contributed by atoms with Crippen molar-refractivity contribution in [1.29, 1.82) is 0 Å². The Morgan fingerprint density at radius 1 is 1.50 bits per heavy atom. The Bertz CT molecular complexity index is 421. The normalized spacial score (nSPS) is 16.9. The number of nitrogens with two attached hydrogens (primary N) is 1. The van der Waals surface area contributed by atoms with E-state index in [0.717, 1.165) is 24.4 Å². The number of hydrogen-bond acceptors (Lipinski definition) is 3. The van der Waals surface area contributed by atoms with Crippen LogP contribution in [-0.2, 0) is 11.3 Å². The molecule has 4 heteroatoms. The lowest BCUT2D eigenvalue weighted by molar-refractivity contribution is -0.135. The van der Waals surface area contributed by atoms with Gasteiger partial charge >= 0.3 is 0 Å². The third kappa shape index (κ3) is 2.93. The van der Waals surface area contributed by atoms with Crippen molar-refractivity contribution in [3.05, 3.63) is 23.7 Å². The lowest BCUT2D eigenvalue weighted by Crippen LogP contribution is -2.47. The molecule has 1 aliphatic rings. The summed E-state index contributed by atoms with van der Waals surface area (Å²) in [5.41, 5.74) is 5.96. The minimum absolute atomic E-state index is 0.0431. The molecule has 100 valence electrons. The van der Waals surface area contributed by atoms with Crippen LogP contribution in [0, 0.1) is 12.8 Å². The second kappa shape index (κ2) is 5.14. The predicted molar refractivity (Wildman–Crippen MR) is 69.8 cm³/mol. The van der Waals surface area contributed by atoms with E-state index in [1.54, 1.807) is 0 Å². The average molecular weight is 250 g/mol. The molecule has 2 rings (SSSR count). The Balaban J connectivity index is 2.06. The highest BCUT2D eigenvalue weighted by molar-refractivity contribution is 5.82. The zero-order valence-electron chi connectivity index (χ0n) is 11.3. The molecule has 1 saturated carbocycles. The highest BCUT2D eigenvalue weighted by Gasteiger charge is 2.35. The van der Waals surface area contributed by atoms with E-state index in [0.29, 0.717) is 12.6 Å². The van der Waals surface area contributed by atoms with Crippen molar-refractivity contribution in [3.8, 4) is 0 Å². The summed E-state index contributed by atoms with van der Waals surface area (Å²) in [5, 5.41) is 0. The molecule has 4 nitrogen and oxygen atoms in total.